The van der Waals surface area contributed by atoms with Gasteiger partial charge in [-0.2, -0.15) is 0 Å². The van der Waals surface area contributed by atoms with Crippen molar-refractivity contribution in [1.29, 1.82) is 0 Å². The monoisotopic (exact) mass is 227 g/mol. The van der Waals surface area contributed by atoms with E-state index in [-0.39, 0.29) is 5.54 Å². The number of nitrogens with one attached hydrogen (secondary N) is 1. The van der Waals surface area contributed by atoms with Gasteiger partial charge >= 0.3 is 0 Å². The van der Waals surface area contributed by atoms with Gasteiger partial charge in [0.2, 0.25) is 0 Å². The molecule has 0 bridgehead atoms. The molecule has 0 rings (SSSR count). The minimum Gasteiger partial charge on any atom is -0.376 e. The third-order valence-corrected chi connectivity index (χ3v) is 2.44. The van der Waals surface area contributed by atoms with Gasteiger partial charge in [0.25, 0.3) is 0 Å². The van der Waals surface area contributed by atoms with Crippen LogP contribution >= 0.6 is 0 Å². The third kappa shape index (κ3) is 8.93. The van der Waals surface area contributed by atoms with Gasteiger partial charge in [0.1, 0.15) is 0 Å². The Hall–Kier alpha value is -0.340. The maximum Gasteiger partial charge on any atom is 0.0722 e. The van der Waals surface area contributed by atoms with Gasteiger partial charge in [-0.05, 0) is 40.0 Å². The van der Waals surface area contributed by atoms with Crippen LogP contribution in [0, 0.1) is 5.92 Å². The molecule has 0 spiro atoms. The Morgan fingerprint density at radius 3 is 2.25 bits per heavy atom. The molecule has 0 aliphatic rings. The van der Waals surface area contributed by atoms with E-state index in [1.54, 1.807) is 0 Å². The van der Waals surface area contributed by atoms with Crippen LogP contribution in [0.4, 0.5) is 0 Å². The van der Waals surface area contributed by atoms with Crippen molar-refractivity contribution >= 4 is 0 Å². The standard InChI is InChI=1S/C14H29NO/c1-11(2)8-9-16-13(12(3)4)10-15-14(5,6)7/h12-13,15H,1,8-10H2,2-7H3. The molecule has 1 atom stereocenters. The highest BCUT2D eigenvalue weighted by molar-refractivity contribution is 4.87. The lowest BCUT2D eigenvalue weighted by molar-refractivity contribution is 0.0210. The predicted octanol–water partition coefficient (Wildman–Crippen LogP) is 3.38. The first kappa shape index (κ1) is 15.7. The molecule has 0 aromatic rings. The van der Waals surface area contributed by atoms with E-state index in [0.717, 1.165) is 19.6 Å². The molecule has 0 aromatic heterocycles. The molecule has 0 saturated carbocycles. The number of hydrogen-bond donors (Lipinski definition) is 1. The average Bonchev–Trinajstić information content (AvgIpc) is 2.07. The summed E-state index contributed by atoms with van der Waals surface area (Å²) in [7, 11) is 0. The summed E-state index contributed by atoms with van der Waals surface area (Å²) >= 11 is 0. The SMILES string of the molecule is C=C(C)CCOC(CNC(C)(C)C)C(C)C. The van der Waals surface area contributed by atoms with Crippen molar-refractivity contribution in [1.82, 2.24) is 5.32 Å². The Kier molecular flexibility index (Phi) is 6.93. The number of hydrogen-bond acceptors (Lipinski definition) is 2. The molecule has 0 radical (unpaired) electrons. The smallest absolute Gasteiger partial charge is 0.0722 e. The Morgan fingerprint density at radius 1 is 1.31 bits per heavy atom. The quantitative estimate of drug-likeness (QED) is 0.673. The van der Waals surface area contributed by atoms with Crippen LogP contribution in [0.15, 0.2) is 12.2 Å². The van der Waals surface area contributed by atoms with Crippen molar-refractivity contribution in [2.75, 3.05) is 13.2 Å². The Balaban J connectivity index is 3.94. The van der Waals surface area contributed by atoms with Crippen LogP contribution in [0.2, 0.25) is 0 Å². The fourth-order valence-electron chi connectivity index (χ4n) is 1.28. The van der Waals surface area contributed by atoms with E-state index >= 15 is 0 Å². The van der Waals surface area contributed by atoms with Crippen LogP contribution in [-0.2, 0) is 4.74 Å². The summed E-state index contributed by atoms with van der Waals surface area (Å²) < 4.78 is 5.89. The van der Waals surface area contributed by atoms with Gasteiger partial charge in [-0.3, -0.25) is 0 Å². The van der Waals surface area contributed by atoms with E-state index in [2.05, 4.69) is 46.5 Å². The molecule has 96 valence electrons. The molecule has 0 aliphatic carbocycles. The maximum absolute atomic E-state index is 5.89. The maximum atomic E-state index is 5.89. The summed E-state index contributed by atoms with van der Waals surface area (Å²) in [5, 5.41) is 3.49. The summed E-state index contributed by atoms with van der Waals surface area (Å²) in [6.45, 7) is 18.6. The van der Waals surface area contributed by atoms with Crippen molar-refractivity contribution in [3.8, 4) is 0 Å². The zero-order valence-electron chi connectivity index (χ0n) is 11.9. The van der Waals surface area contributed by atoms with E-state index < -0.39 is 0 Å². The topological polar surface area (TPSA) is 21.3 Å². The van der Waals surface area contributed by atoms with Crippen molar-refractivity contribution in [3.05, 3.63) is 12.2 Å². The molecule has 1 N–H and O–H groups in total. The van der Waals surface area contributed by atoms with Crippen molar-refractivity contribution in [3.63, 3.8) is 0 Å². The minimum atomic E-state index is 0.158. The summed E-state index contributed by atoms with van der Waals surface area (Å²) in [4.78, 5) is 0. The largest absolute Gasteiger partial charge is 0.376 e. The first-order valence-electron chi connectivity index (χ1n) is 6.23. The average molecular weight is 227 g/mol. The Bertz CT molecular complexity index is 203. The van der Waals surface area contributed by atoms with Crippen LogP contribution in [0.1, 0.15) is 48.0 Å². The summed E-state index contributed by atoms with van der Waals surface area (Å²) in [6, 6.07) is 0. The molecule has 16 heavy (non-hydrogen) atoms. The normalized spacial score (nSPS) is 14.2. The zero-order valence-corrected chi connectivity index (χ0v) is 11.9. The molecule has 0 heterocycles. The van der Waals surface area contributed by atoms with Gasteiger partial charge in [0.05, 0.1) is 12.7 Å². The molecular formula is C14H29NO. The first-order chi connectivity index (χ1) is 7.22. The van der Waals surface area contributed by atoms with E-state index in [1.807, 2.05) is 6.92 Å². The van der Waals surface area contributed by atoms with Crippen molar-refractivity contribution < 1.29 is 4.74 Å². The second kappa shape index (κ2) is 7.08. The van der Waals surface area contributed by atoms with Gasteiger partial charge in [0.15, 0.2) is 0 Å². The third-order valence-electron chi connectivity index (χ3n) is 2.44. The van der Waals surface area contributed by atoms with E-state index in [4.69, 9.17) is 4.74 Å². The lowest BCUT2D eigenvalue weighted by Crippen LogP contribution is -2.43. The zero-order chi connectivity index (χ0) is 12.8. The van der Waals surface area contributed by atoms with Gasteiger partial charge in [0, 0.05) is 12.1 Å². The van der Waals surface area contributed by atoms with Crippen LogP contribution in [0.5, 0.6) is 0 Å². The molecule has 0 aromatic carbocycles. The minimum absolute atomic E-state index is 0.158. The molecule has 0 amide bonds. The van der Waals surface area contributed by atoms with Crippen LogP contribution < -0.4 is 5.32 Å². The molecule has 2 heteroatoms. The van der Waals surface area contributed by atoms with Gasteiger partial charge < -0.3 is 10.1 Å². The molecule has 1 unspecified atom stereocenters. The molecular weight excluding hydrogens is 198 g/mol. The van der Waals surface area contributed by atoms with Crippen LogP contribution in [0.25, 0.3) is 0 Å². The van der Waals surface area contributed by atoms with E-state index in [9.17, 15) is 0 Å². The summed E-state index contributed by atoms with van der Waals surface area (Å²) in [5.74, 6) is 0.542. The molecule has 0 fully saturated rings. The van der Waals surface area contributed by atoms with Crippen LogP contribution in [-0.4, -0.2) is 24.8 Å². The summed E-state index contributed by atoms with van der Waals surface area (Å²) in [6.07, 6.45) is 1.25. The Morgan fingerprint density at radius 2 is 1.88 bits per heavy atom. The molecule has 2 nitrogen and oxygen atoms in total. The highest BCUT2D eigenvalue weighted by Gasteiger charge is 2.17. The highest BCUT2D eigenvalue weighted by Crippen LogP contribution is 2.09. The van der Waals surface area contributed by atoms with Crippen molar-refractivity contribution in [2.45, 2.75) is 59.6 Å². The fraction of sp³-hybridized carbons (Fsp3) is 0.857. The second-order valence-corrected chi connectivity index (χ2v) is 5.99. The molecule has 0 aliphatic heterocycles. The van der Waals surface area contributed by atoms with Gasteiger partial charge in [-0.1, -0.05) is 19.4 Å². The first-order valence-corrected chi connectivity index (χ1v) is 6.23. The fourth-order valence-corrected chi connectivity index (χ4v) is 1.28. The second-order valence-electron chi connectivity index (χ2n) is 5.99. The van der Waals surface area contributed by atoms with E-state index in [1.165, 1.54) is 5.57 Å². The number of ether oxygens (including phenoxy) is 1. The van der Waals surface area contributed by atoms with Crippen molar-refractivity contribution in [2.24, 2.45) is 5.92 Å². The van der Waals surface area contributed by atoms with Gasteiger partial charge in [-0.15, -0.1) is 6.58 Å². The lowest BCUT2D eigenvalue weighted by atomic mass is 10.0. The lowest BCUT2D eigenvalue weighted by Gasteiger charge is -2.27. The Labute approximate surface area is 101 Å². The summed E-state index contributed by atoms with van der Waals surface area (Å²) in [5.41, 5.74) is 1.34. The predicted molar refractivity (Wildman–Crippen MR) is 71.8 cm³/mol. The van der Waals surface area contributed by atoms with Crippen LogP contribution in [0.3, 0.4) is 0 Å². The number of rotatable bonds is 7. The molecule has 0 saturated heterocycles. The van der Waals surface area contributed by atoms with E-state index in [0.29, 0.717) is 12.0 Å². The highest BCUT2D eigenvalue weighted by atomic mass is 16.5. The van der Waals surface area contributed by atoms with Gasteiger partial charge in [-0.25, -0.2) is 0 Å².